The topological polar surface area (TPSA) is 97.5 Å². The highest BCUT2D eigenvalue weighted by atomic mass is 32.2. The molecule has 2 aliphatic heterocycles. The van der Waals surface area contributed by atoms with Gasteiger partial charge < -0.3 is 5.73 Å². The fourth-order valence-corrected chi connectivity index (χ4v) is 6.83. The lowest BCUT2D eigenvalue weighted by molar-refractivity contribution is 0.201. The predicted molar refractivity (Wildman–Crippen MR) is 78.5 cm³/mol. The third-order valence-electron chi connectivity index (χ3n) is 4.66. The number of sulfonamides is 1. The minimum atomic E-state index is -3.39. The summed E-state index contributed by atoms with van der Waals surface area (Å²) in [5, 5.41) is -0.544. The zero-order chi connectivity index (χ0) is 15.0. The smallest absolute Gasteiger partial charge is 0.217 e. The number of rotatable bonds is 3. The van der Waals surface area contributed by atoms with Crippen molar-refractivity contribution in [3.05, 3.63) is 0 Å². The fourth-order valence-electron chi connectivity index (χ4n) is 3.03. The van der Waals surface area contributed by atoms with E-state index in [1.165, 1.54) is 4.31 Å². The molecule has 2 unspecified atom stereocenters. The van der Waals surface area contributed by atoms with Gasteiger partial charge >= 0.3 is 0 Å². The maximum atomic E-state index is 12.6. The van der Waals surface area contributed by atoms with E-state index in [9.17, 15) is 16.8 Å². The van der Waals surface area contributed by atoms with Crippen molar-refractivity contribution < 1.29 is 16.8 Å². The van der Waals surface area contributed by atoms with Crippen LogP contribution in [-0.2, 0) is 19.9 Å². The van der Waals surface area contributed by atoms with Crippen LogP contribution in [0.15, 0.2) is 0 Å². The zero-order valence-corrected chi connectivity index (χ0v) is 13.5. The molecule has 2 N–H and O–H groups in total. The summed E-state index contributed by atoms with van der Waals surface area (Å²) in [6, 6.07) is 0. The van der Waals surface area contributed by atoms with Crippen LogP contribution in [0.3, 0.4) is 0 Å². The fraction of sp³-hybridized carbons (Fsp3) is 1.00. The Labute approximate surface area is 121 Å². The van der Waals surface area contributed by atoms with Gasteiger partial charge in [-0.15, -0.1) is 0 Å². The molecule has 2 rings (SSSR count). The first kappa shape index (κ1) is 16.2. The molecule has 2 fully saturated rings. The number of nitrogens with zero attached hydrogens (tertiary/aromatic N) is 1. The molecule has 0 bridgehead atoms. The Morgan fingerprint density at radius 3 is 2.35 bits per heavy atom. The third-order valence-corrected chi connectivity index (χ3v) is 8.74. The van der Waals surface area contributed by atoms with Gasteiger partial charge in [0.25, 0.3) is 0 Å². The maximum Gasteiger partial charge on any atom is 0.217 e. The van der Waals surface area contributed by atoms with E-state index < -0.39 is 25.1 Å². The molecule has 2 atom stereocenters. The van der Waals surface area contributed by atoms with Crippen molar-refractivity contribution in [3.63, 3.8) is 0 Å². The molecule has 2 heterocycles. The van der Waals surface area contributed by atoms with E-state index >= 15 is 0 Å². The van der Waals surface area contributed by atoms with Crippen molar-refractivity contribution in [1.82, 2.24) is 4.31 Å². The van der Waals surface area contributed by atoms with Crippen molar-refractivity contribution in [1.29, 1.82) is 0 Å². The van der Waals surface area contributed by atoms with E-state index in [0.717, 1.165) is 6.42 Å². The summed E-state index contributed by atoms with van der Waals surface area (Å²) in [6.45, 7) is 3.60. The normalized spacial score (nSPS) is 33.1. The van der Waals surface area contributed by atoms with Crippen molar-refractivity contribution in [2.24, 2.45) is 17.6 Å². The Morgan fingerprint density at radius 1 is 1.20 bits per heavy atom. The molecule has 8 heteroatoms. The van der Waals surface area contributed by atoms with Crippen molar-refractivity contribution in [2.75, 3.05) is 31.1 Å². The van der Waals surface area contributed by atoms with Gasteiger partial charge in [-0.05, 0) is 37.6 Å². The number of nitrogens with two attached hydrogens (primary N) is 1. The van der Waals surface area contributed by atoms with Crippen LogP contribution in [0.5, 0.6) is 0 Å². The molecule has 0 aromatic heterocycles. The molecule has 0 saturated carbocycles. The van der Waals surface area contributed by atoms with E-state index in [-0.39, 0.29) is 30.3 Å². The van der Waals surface area contributed by atoms with E-state index in [0.29, 0.717) is 25.6 Å². The number of sulfone groups is 1. The Balaban J connectivity index is 2.07. The second-order valence-corrected chi connectivity index (χ2v) is 10.5. The van der Waals surface area contributed by atoms with Crippen LogP contribution in [0.2, 0.25) is 0 Å². The van der Waals surface area contributed by atoms with E-state index in [1.807, 2.05) is 0 Å². The molecule has 6 nitrogen and oxygen atoms in total. The highest BCUT2D eigenvalue weighted by molar-refractivity contribution is 7.92. The van der Waals surface area contributed by atoms with E-state index in [2.05, 4.69) is 6.92 Å². The van der Waals surface area contributed by atoms with Crippen LogP contribution in [0, 0.1) is 11.8 Å². The van der Waals surface area contributed by atoms with Gasteiger partial charge in [-0.1, -0.05) is 6.92 Å². The summed E-state index contributed by atoms with van der Waals surface area (Å²) in [5.74, 6) is 0.618. The lowest BCUT2D eigenvalue weighted by Gasteiger charge is -2.38. The first-order valence-corrected chi connectivity index (χ1v) is 10.5. The van der Waals surface area contributed by atoms with Crippen LogP contribution < -0.4 is 5.73 Å². The van der Waals surface area contributed by atoms with Crippen LogP contribution in [0.25, 0.3) is 0 Å². The first-order chi connectivity index (χ1) is 9.26. The van der Waals surface area contributed by atoms with Gasteiger partial charge in [-0.2, -0.15) is 0 Å². The molecular weight excluding hydrogens is 300 g/mol. The molecular formula is C12H24N2O4S2. The summed E-state index contributed by atoms with van der Waals surface area (Å²) in [5.41, 5.74) is 5.71. The average Bonchev–Trinajstić information content (AvgIpc) is 2.38. The minimum Gasteiger partial charge on any atom is -0.330 e. The maximum absolute atomic E-state index is 12.6. The molecule has 0 radical (unpaired) electrons. The average molecular weight is 324 g/mol. The van der Waals surface area contributed by atoms with Crippen molar-refractivity contribution in [2.45, 2.75) is 31.4 Å². The Bertz CT molecular complexity index is 530. The van der Waals surface area contributed by atoms with Gasteiger partial charge in [-0.3, -0.25) is 0 Å². The highest BCUT2D eigenvalue weighted by Crippen LogP contribution is 2.29. The third kappa shape index (κ3) is 3.35. The lowest BCUT2D eigenvalue weighted by atomic mass is 9.88. The van der Waals surface area contributed by atoms with Crippen LogP contribution >= 0.6 is 0 Å². The zero-order valence-electron chi connectivity index (χ0n) is 11.9. The molecule has 2 saturated heterocycles. The summed E-state index contributed by atoms with van der Waals surface area (Å²) in [6.07, 6.45) is 1.28. The molecule has 0 amide bonds. The largest absolute Gasteiger partial charge is 0.330 e. The van der Waals surface area contributed by atoms with Crippen LogP contribution in [0.4, 0.5) is 0 Å². The lowest BCUT2D eigenvalue weighted by Crippen LogP contribution is -2.49. The van der Waals surface area contributed by atoms with Gasteiger partial charge in [-0.25, -0.2) is 21.1 Å². The number of hydrogen-bond acceptors (Lipinski definition) is 5. The monoisotopic (exact) mass is 324 g/mol. The van der Waals surface area contributed by atoms with Gasteiger partial charge in [0, 0.05) is 13.1 Å². The van der Waals surface area contributed by atoms with Gasteiger partial charge in [0.2, 0.25) is 10.0 Å². The SMILES string of the molecule is CC1CCN(S(=O)(=O)C2CCS(=O)(=O)CC2)CC1CN. The minimum absolute atomic E-state index is 0.0124. The first-order valence-electron chi connectivity index (χ1n) is 7.15. The van der Waals surface area contributed by atoms with Crippen molar-refractivity contribution in [3.8, 4) is 0 Å². The molecule has 0 aliphatic carbocycles. The van der Waals surface area contributed by atoms with Crippen LogP contribution in [-0.4, -0.2) is 57.5 Å². The van der Waals surface area contributed by atoms with Crippen LogP contribution in [0.1, 0.15) is 26.2 Å². The molecule has 20 heavy (non-hydrogen) atoms. The Kier molecular flexibility index (Phi) is 4.78. The summed E-state index contributed by atoms with van der Waals surface area (Å²) in [4.78, 5) is 0. The standard InChI is InChI=1S/C12H24N2O4S2/c1-10-2-5-14(9-11(10)8-13)20(17,18)12-3-6-19(15,16)7-4-12/h10-12H,2-9,13H2,1H3. The second-order valence-electron chi connectivity index (χ2n) is 6.02. The van der Waals surface area contributed by atoms with E-state index in [4.69, 9.17) is 5.73 Å². The highest BCUT2D eigenvalue weighted by Gasteiger charge is 2.39. The quantitative estimate of drug-likeness (QED) is 0.776. The molecule has 0 spiro atoms. The van der Waals surface area contributed by atoms with E-state index in [1.54, 1.807) is 0 Å². The van der Waals surface area contributed by atoms with Crippen molar-refractivity contribution >= 4 is 19.9 Å². The van der Waals surface area contributed by atoms with Gasteiger partial charge in [0.15, 0.2) is 0 Å². The molecule has 2 aliphatic rings. The summed E-state index contributed by atoms with van der Waals surface area (Å²) < 4.78 is 49.6. The number of hydrogen-bond donors (Lipinski definition) is 1. The molecule has 118 valence electrons. The van der Waals surface area contributed by atoms with Gasteiger partial charge in [0.1, 0.15) is 9.84 Å². The summed E-state index contributed by atoms with van der Waals surface area (Å²) in [7, 11) is -6.42. The van der Waals surface area contributed by atoms with Gasteiger partial charge in [0.05, 0.1) is 16.8 Å². The Hall–Kier alpha value is -0.180. The molecule has 0 aromatic carbocycles. The second kappa shape index (κ2) is 5.90. The number of piperidine rings is 1. The summed E-state index contributed by atoms with van der Waals surface area (Å²) >= 11 is 0. The Morgan fingerprint density at radius 2 is 1.80 bits per heavy atom. The predicted octanol–water partition coefficient (Wildman–Crippen LogP) is -0.190. The molecule has 0 aromatic rings.